The molecule has 0 bridgehead atoms. The molecule has 1 N–H and O–H groups in total. The zero-order valence-electron chi connectivity index (χ0n) is 20.5. The molecule has 3 aromatic carbocycles. The number of nitrogens with one attached hydrogen (secondary N) is 1. The van der Waals surface area contributed by atoms with Crippen LogP contribution in [0.1, 0.15) is 46.3 Å². The molecule has 0 spiro atoms. The van der Waals surface area contributed by atoms with Crippen LogP contribution in [-0.4, -0.2) is 42.4 Å². The van der Waals surface area contributed by atoms with Gasteiger partial charge in [-0.05, 0) is 57.9 Å². The van der Waals surface area contributed by atoms with Crippen LogP contribution >= 0.6 is 15.9 Å². The van der Waals surface area contributed by atoms with Crippen molar-refractivity contribution in [1.29, 1.82) is 0 Å². The van der Waals surface area contributed by atoms with E-state index in [1.807, 2.05) is 66.7 Å². The summed E-state index contributed by atoms with van der Waals surface area (Å²) in [6.45, 7) is 0.562. The molecule has 1 aliphatic heterocycles. The number of methoxy groups -OCH3 is 1. The maximum atomic E-state index is 14.3. The lowest BCUT2D eigenvalue weighted by Gasteiger charge is -2.32. The van der Waals surface area contributed by atoms with Gasteiger partial charge in [0, 0.05) is 16.9 Å². The summed E-state index contributed by atoms with van der Waals surface area (Å²) < 4.78 is 5.94. The third-order valence-corrected chi connectivity index (χ3v) is 8.03. The molecule has 5 rings (SSSR count). The number of esters is 1. The second kappa shape index (κ2) is 10.9. The first kappa shape index (κ1) is 25.2. The van der Waals surface area contributed by atoms with Crippen LogP contribution < -0.4 is 5.32 Å². The monoisotopic (exact) mass is 560 g/mol. The lowest BCUT2D eigenvalue weighted by molar-refractivity contribution is -0.146. The molecule has 1 aliphatic carbocycles. The van der Waals surface area contributed by atoms with Crippen LogP contribution in [0.2, 0.25) is 0 Å². The van der Waals surface area contributed by atoms with E-state index in [2.05, 4.69) is 21.2 Å². The molecule has 2 aliphatic rings. The molecule has 7 heteroatoms. The second-order valence-electron chi connectivity index (χ2n) is 9.67. The molecule has 3 aromatic rings. The van der Waals surface area contributed by atoms with Gasteiger partial charge in [-0.1, -0.05) is 72.8 Å². The standard InChI is InChI=1S/C30H29BrN2O4/c1-37-30(36)25-24(20-10-4-2-5-11-20)27(28(34)32-18-19-16-17-19)33(26(25)21-12-6-3-7-13-21)29(35)22-14-8-9-15-23(22)31/h2-15,19,24-27H,16-18H2,1H3,(H,32,34). The van der Waals surface area contributed by atoms with Crippen LogP contribution in [0.15, 0.2) is 89.4 Å². The van der Waals surface area contributed by atoms with Crippen molar-refractivity contribution in [2.75, 3.05) is 13.7 Å². The molecule has 4 unspecified atom stereocenters. The van der Waals surface area contributed by atoms with Gasteiger partial charge in [-0.2, -0.15) is 0 Å². The largest absolute Gasteiger partial charge is 0.469 e. The molecule has 0 aromatic heterocycles. The number of hydrogen-bond donors (Lipinski definition) is 1. The van der Waals surface area contributed by atoms with E-state index in [0.717, 1.165) is 24.0 Å². The van der Waals surface area contributed by atoms with Crippen LogP contribution in [0, 0.1) is 11.8 Å². The Morgan fingerprint density at radius 3 is 2.08 bits per heavy atom. The maximum Gasteiger partial charge on any atom is 0.311 e. The minimum Gasteiger partial charge on any atom is -0.469 e. The molecule has 1 heterocycles. The highest BCUT2D eigenvalue weighted by Gasteiger charge is 2.58. The highest BCUT2D eigenvalue weighted by Crippen LogP contribution is 2.51. The Morgan fingerprint density at radius 2 is 1.49 bits per heavy atom. The first-order chi connectivity index (χ1) is 18.0. The lowest BCUT2D eigenvalue weighted by Crippen LogP contribution is -2.49. The fourth-order valence-corrected chi connectivity index (χ4v) is 5.85. The molecule has 2 amide bonds. The van der Waals surface area contributed by atoms with Gasteiger partial charge in [0.15, 0.2) is 0 Å². The molecular weight excluding hydrogens is 532 g/mol. The smallest absolute Gasteiger partial charge is 0.311 e. The van der Waals surface area contributed by atoms with Crippen molar-refractivity contribution in [1.82, 2.24) is 10.2 Å². The summed E-state index contributed by atoms with van der Waals surface area (Å²) in [5, 5.41) is 3.09. The molecule has 37 heavy (non-hydrogen) atoms. The van der Waals surface area contributed by atoms with Crippen LogP contribution in [0.25, 0.3) is 0 Å². The molecular formula is C30H29BrN2O4. The number of rotatable bonds is 7. The summed E-state index contributed by atoms with van der Waals surface area (Å²) in [5.41, 5.74) is 2.02. The van der Waals surface area contributed by atoms with E-state index >= 15 is 0 Å². The van der Waals surface area contributed by atoms with Crippen LogP contribution in [-0.2, 0) is 14.3 Å². The van der Waals surface area contributed by atoms with Gasteiger partial charge in [-0.15, -0.1) is 0 Å². The molecule has 190 valence electrons. The Morgan fingerprint density at radius 1 is 0.892 bits per heavy atom. The van der Waals surface area contributed by atoms with E-state index < -0.39 is 29.9 Å². The maximum absolute atomic E-state index is 14.3. The fourth-order valence-electron chi connectivity index (χ4n) is 5.39. The van der Waals surface area contributed by atoms with E-state index in [-0.39, 0.29) is 11.8 Å². The summed E-state index contributed by atoms with van der Waals surface area (Å²) in [5.74, 6) is -1.93. The Labute approximate surface area is 225 Å². The number of nitrogens with zero attached hydrogens (tertiary/aromatic N) is 1. The Hall–Kier alpha value is -3.45. The zero-order chi connectivity index (χ0) is 25.9. The van der Waals surface area contributed by atoms with Crippen molar-refractivity contribution in [3.63, 3.8) is 0 Å². The van der Waals surface area contributed by atoms with Gasteiger partial charge in [-0.25, -0.2) is 0 Å². The molecule has 2 fully saturated rings. The van der Waals surface area contributed by atoms with Crippen molar-refractivity contribution < 1.29 is 19.1 Å². The van der Waals surface area contributed by atoms with E-state index in [4.69, 9.17) is 4.74 Å². The number of carbonyl (C=O) groups is 3. The van der Waals surface area contributed by atoms with Gasteiger partial charge in [-0.3, -0.25) is 14.4 Å². The minimum absolute atomic E-state index is 0.256. The van der Waals surface area contributed by atoms with Gasteiger partial charge in [0.2, 0.25) is 5.91 Å². The number of halogens is 1. The third kappa shape index (κ3) is 5.05. The summed E-state index contributed by atoms with van der Waals surface area (Å²) in [6, 6.07) is 24.5. The van der Waals surface area contributed by atoms with E-state index in [1.54, 1.807) is 23.1 Å². The first-order valence-electron chi connectivity index (χ1n) is 12.5. The second-order valence-corrected chi connectivity index (χ2v) is 10.5. The van der Waals surface area contributed by atoms with Crippen molar-refractivity contribution >= 4 is 33.7 Å². The molecule has 1 saturated carbocycles. The summed E-state index contributed by atoms with van der Waals surface area (Å²) in [6.07, 6.45) is 2.17. The quantitative estimate of drug-likeness (QED) is 0.407. The van der Waals surface area contributed by atoms with Crippen molar-refractivity contribution in [3.8, 4) is 0 Å². The van der Waals surface area contributed by atoms with Gasteiger partial charge >= 0.3 is 5.97 Å². The molecule has 6 nitrogen and oxygen atoms in total. The average molecular weight is 561 g/mol. The van der Waals surface area contributed by atoms with E-state index in [0.29, 0.717) is 22.5 Å². The fraction of sp³-hybridized carbons (Fsp3) is 0.300. The Kier molecular flexibility index (Phi) is 7.42. The summed E-state index contributed by atoms with van der Waals surface area (Å²) >= 11 is 3.51. The number of carbonyl (C=O) groups excluding carboxylic acids is 3. The highest BCUT2D eigenvalue weighted by atomic mass is 79.9. The molecule has 1 saturated heterocycles. The van der Waals surface area contributed by atoms with Crippen molar-refractivity contribution in [3.05, 3.63) is 106 Å². The average Bonchev–Trinajstić information content (AvgIpc) is 3.70. The number of ether oxygens (including phenoxy) is 1. The van der Waals surface area contributed by atoms with E-state index in [1.165, 1.54) is 7.11 Å². The van der Waals surface area contributed by atoms with Gasteiger partial charge in [0.25, 0.3) is 5.91 Å². The topological polar surface area (TPSA) is 75.7 Å². The van der Waals surface area contributed by atoms with E-state index in [9.17, 15) is 14.4 Å². The SMILES string of the molecule is COC(=O)C1C(c2ccccc2)C(C(=O)NCC2CC2)N(C(=O)c2ccccc2Br)C1c1ccccc1. The normalized spacial score (nSPS) is 22.9. The summed E-state index contributed by atoms with van der Waals surface area (Å²) in [7, 11) is 1.35. The van der Waals surface area contributed by atoms with Gasteiger partial charge < -0.3 is 15.0 Å². The molecule has 4 atom stereocenters. The predicted octanol–water partition coefficient (Wildman–Crippen LogP) is 5.11. The van der Waals surface area contributed by atoms with Crippen molar-refractivity contribution in [2.45, 2.75) is 30.8 Å². The minimum atomic E-state index is -0.907. The first-order valence-corrected chi connectivity index (χ1v) is 13.3. The Bertz CT molecular complexity index is 1280. The predicted molar refractivity (Wildman–Crippen MR) is 144 cm³/mol. The van der Waals surface area contributed by atoms with Gasteiger partial charge in [0.1, 0.15) is 6.04 Å². The zero-order valence-corrected chi connectivity index (χ0v) is 22.1. The van der Waals surface area contributed by atoms with Crippen LogP contribution in [0.3, 0.4) is 0 Å². The van der Waals surface area contributed by atoms with Crippen molar-refractivity contribution in [2.24, 2.45) is 11.8 Å². The van der Waals surface area contributed by atoms with Crippen LogP contribution in [0.5, 0.6) is 0 Å². The van der Waals surface area contributed by atoms with Gasteiger partial charge in [0.05, 0.1) is 24.6 Å². The highest BCUT2D eigenvalue weighted by molar-refractivity contribution is 9.10. The number of likely N-dealkylation sites (tertiary alicyclic amines) is 1. The third-order valence-electron chi connectivity index (χ3n) is 7.33. The lowest BCUT2D eigenvalue weighted by atomic mass is 9.80. The molecule has 0 radical (unpaired) electrons. The number of amides is 2. The number of benzene rings is 3. The number of hydrogen-bond acceptors (Lipinski definition) is 4. The summed E-state index contributed by atoms with van der Waals surface area (Å²) in [4.78, 5) is 43.4. The van der Waals surface area contributed by atoms with Crippen LogP contribution in [0.4, 0.5) is 0 Å². The Balaban J connectivity index is 1.71.